The van der Waals surface area contributed by atoms with E-state index in [1.807, 2.05) is 0 Å². The smallest absolute Gasteiger partial charge is 0.327 e. The van der Waals surface area contributed by atoms with Crippen molar-refractivity contribution in [2.24, 2.45) is 5.41 Å². The average molecular weight is 170 g/mol. The number of aliphatic carboxylic acids is 1. The summed E-state index contributed by atoms with van der Waals surface area (Å²) in [5, 5.41) is 8.44. The summed E-state index contributed by atoms with van der Waals surface area (Å²) < 4.78 is 5.19. The Kier molecular flexibility index (Phi) is 2.87. The van der Waals surface area contributed by atoms with Gasteiger partial charge in [0.25, 0.3) is 0 Å². The van der Waals surface area contributed by atoms with Gasteiger partial charge in [-0.15, -0.1) is 0 Å². The van der Waals surface area contributed by atoms with Crippen molar-refractivity contribution in [3.8, 4) is 0 Å². The molecule has 1 aliphatic heterocycles. The highest BCUT2D eigenvalue weighted by atomic mass is 16.5. The molecule has 1 N–H and O–H groups in total. The zero-order chi connectivity index (χ0) is 9.03. The first kappa shape index (κ1) is 9.26. The molecule has 0 aromatic rings. The van der Waals surface area contributed by atoms with Crippen molar-refractivity contribution < 1.29 is 14.6 Å². The van der Waals surface area contributed by atoms with Crippen molar-refractivity contribution in [3.63, 3.8) is 0 Å². The molecule has 1 rings (SSSR count). The van der Waals surface area contributed by atoms with Crippen LogP contribution in [-0.2, 0) is 9.53 Å². The molecule has 1 heterocycles. The van der Waals surface area contributed by atoms with E-state index in [0.29, 0.717) is 0 Å². The first-order chi connectivity index (χ1) is 5.62. The van der Waals surface area contributed by atoms with Crippen LogP contribution < -0.4 is 0 Å². The van der Waals surface area contributed by atoms with Gasteiger partial charge in [-0.25, -0.2) is 4.79 Å². The maximum Gasteiger partial charge on any atom is 0.327 e. The fraction of sp³-hybridized carbons (Fsp3) is 0.667. The Bertz CT molecular complexity index is 190. The minimum absolute atomic E-state index is 0.0244. The Morgan fingerprint density at radius 2 is 2.08 bits per heavy atom. The minimum atomic E-state index is -0.872. The summed E-state index contributed by atoms with van der Waals surface area (Å²) in [7, 11) is 0. The molecule has 0 spiro atoms. The van der Waals surface area contributed by atoms with Gasteiger partial charge < -0.3 is 9.84 Å². The highest BCUT2D eigenvalue weighted by Crippen LogP contribution is 2.30. The molecule has 0 radical (unpaired) electrons. The number of rotatable bonds is 2. The van der Waals surface area contributed by atoms with Gasteiger partial charge in [-0.2, -0.15) is 0 Å². The molecule has 0 unspecified atom stereocenters. The largest absolute Gasteiger partial charge is 0.478 e. The van der Waals surface area contributed by atoms with Crippen LogP contribution in [0.3, 0.4) is 0 Å². The summed E-state index contributed by atoms with van der Waals surface area (Å²) in [6.45, 7) is 3.54. The van der Waals surface area contributed by atoms with Crippen LogP contribution in [0.25, 0.3) is 0 Å². The summed E-state index contributed by atoms with van der Waals surface area (Å²) in [4.78, 5) is 10.3. The van der Waals surface area contributed by atoms with Crippen LogP contribution in [0.5, 0.6) is 0 Å². The van der Waals surface area contributed by atoms with E-state index in [1.165, 1.54) is 6.08 Å². The maximum absolute atomic E-state index is 10.3. The van der Waals surface area contributed by atoms with Gasteiger partial charge in [0.05, 0.1) is 0 Å². The number of hydrogen-bond donors (Lipinski definition) is 1. The molecule has 0 aromatic carbocycles. The van der Waals surface area contributed by atoms with Gasteiger partial charge in [-0.3, -0.25) is 0 Å². The topological polar surface area (TPSA) is 46.5 Å². The Morgan fingerprint density at radius 3 is 2.58 bits per heavy atom. The van der Waals surface area contributed by atoms with Crippen molar-refractivity contribution in [1.29, 1.82) is 0 Å². The number of allylic oxidation sites excluding steroid dienone is 1. The zero-order valence-corrected chi connectivity index (χ0v) is 7.25. The van der Waals surface area contributed by atoms with Crippen molar-refractivity contribution in [3.05, 3.63) is 12.2 Å². The zero-order valence-electron chi connectivity index (χ0n) is 7.25. The van der Waals surface area contributed by atoms with E-state index in [9.17, 15) is 4.79 Å². The lowest BCUT2D eigenvalue weighted by molar-refractivity contribution is -0.131. The number of hydrogen-bond acceptors (Lipinski definition) is 2. The second kappa shape index (κ2) is 3.72. The molecule has 0 saturated carbocycles. The van der Waals surface area contributed by atoms with Crippen LogP contribution in [0, 0.1) is 5.41 Å². The Labute approximate surface area is 72.0 Å². The molecular formula is C9H14O3. The van der Waals surface area contributed by atoms with Gasteiger partial charge in [0.15, 0.2) is 0 Å². The van der Waals surface area contributed by atoms with Crippen LogP contribution >= 0.6 is 0 Å². The highest BCUT2D eigenvalue weighted by molar-refractivity contribution is 5.79. The summed E-state index contributed by atoms with van der Waals surface area (Å²) in [6.07, 6.45) is 4.83. The molecule has 68 valence electrons. The predicted molar refractivity (Wildman–Crippen MR) is 44.9 cm³/mol. The monoisotopic (exact) mass is 170 g/mol. The fourth-order valence-corrected chi connectivity index (χ4v) is 1.28. The molecule has 3 nitrogen and oxygen atoms in total. The lowest BCUT2D eigenvalue weighted by atomic mass is 9.82. The SMILES string of the molecule is CC1(/C=C/C(=O)O)CCOCC1. The van der Waals surface area contributed by atoms with Crippen LogP contribution in [0.4, 0.5) is 0 Å². The molecule has 0 amide bonds. The third kappa shape index (κ3) is 2.66. The normalized spacial score (nSPS) is 22.8. The third-order valence-corrected chi connectivity index (χ3v) is 2.26. The predicted octanol–water partition coefficient (Wildman–Crippen LogP) is 1.44. The van der Waals surface area contributed by atoms with Crippen LogP contribution in [0.1, 0.15) is 19.8 Å². The van der Waals surface area contributed by atoms with Crippen molar-refractivity contribution in [2.45, 2.75) is 19.8 Å². The standard InChI is InChI=1S/C9H14O3/c1-9(3-2-8(10)11)4-6-12-7-5-9/h2-3H,4-7H2,1H3,(H,10,11)/b3-2+. The molecule has 0 aromatic heterocycles. The van der Waals surface area contributed by atoms with E-state index in [1.54, 1.807) is 6.08 Å². The van der Waals surface area contributed by atoms with E-state index in [-0.39, 0.29) is 5.41 Å². The van der Waals surface area contributed by atoms with Crippen LogP contribution in [-0.4, -0.2) is 24.3 Å². The van der Waals surface area contributed by atoms with E-state index < -0.39 is 5.97 Å². The fourth-order valence-electron chi connectivity index (χ4n) is 1.28. The van der Waals surface area contributed by atoms with Crippen molar-refractivity contribution in [1.82, 2.24) is 0 Å². The van der Waals surface area contributed by atoms with Gasteiger partial charge in [0.2, 0.25) is 0 Å². The second-order valence-corrected chi connectivity index (χ2v) is 3.44. The van der Waals surface area contributed by atoms with E-state index in [2.05, 4.69) is 6.92 Å². The molecule has 0 bridgehead atoms. The molecule has 1 fully saturated rings. The van der Waals surface area contributed by atoms with Crippen LogP contribution in [0.15, 0.2) is 12.2 Å². The van der Waals surface area contributed by atoms with E-state index >= 15 is 0 Å². The maximum atomic E-state index is 10.3. The van der Waals surface area contributed by atoms with Gasteiger partial charge in [0, 0.05) is 19.3 Å². The van der Waals surface area contributed by atoms with Gasteiger partial charge in [-0.05, 0) is 18.3 Å². The van der Waals surface area contributed by atoms with Crippen molar-refractivity contribution >= 4 is 5.97 Å². The summed E-state index contributed by atoms with van der Waals surface area (Å²) in [5.41, 5.74) is 0.0244. The Hall–Kier alpha value is -0.830. The van der Waals surface area contributed by atoms with E-state index in [0.717, 1.165) is 26.1 Å². The number of ether oxygens (including phenoxy) is 1. The molecule has 0 atom stereocenters. The molecule has 1 aliphatic rings. The highest BCUT2D eigenvalue weighted by Gasteiger charge is 2.24. The van der Waals surface area contributed by atoms with E-state index in [4.69, 9.17) is 9.84 Å². The molecule has 3 heteroatoms. The average Bonchev–Trinajstić information content (AvgIpc) is 2.03. The molecule has 0 aliphatic carbocycles. The van der Waals surface area contributed by atoms with Gasteiger partial charge >= 0.3 is 5.97 Å². The lowest BCUT2D eigenvalue weighted by Gasteiger charge is -2.30. The first-order valence-electron chi connectivity index (χ1n) is 4.12. The summed E-state index contributed by atoms with van der Waals surface area (Å²) >= 11 is 0. The number of carbonyl (C=O) groups is 1. The quantitative estimate of drug-likeness (QED) is 0.638. The Morgan fingerprint density at radius 1 is 1.50 bits per heavy atom. The van der Waals surface area contributed by atoms with Gasteiger partial charge in [0.1, 0.15) is 0 Å². The molecule has 12 heavy (non-hydrogen) atoms. The number of carboxylic acid groups (broad SMARTS) is 1. The first-order valence-corrected chi connectivity index (χ1v) is 4.12. The van der Waals surface area contributed by atoms with Gasteiger partial charge in [-0.1, -0.05) is 13.0 Å². The lowest BCUT2D eigenvalue weighted by Crippen LogP contribution is -2.24. The van der Waals surface area contributed by atoms with Crippen molar-refractivity contribution in [2.75, 3.05) is 13.2 Å². The molecular weight excluding hydrogens is 156 g/mol. The van der Waals surface area contributed by atoms with Crippen LogP contribution in [0.2, 0.25) is 0 Å². The molecule has 1 saturated heterocycles. The second-order valence-electron chi connectivity index (χ2n) is 3.44. The summed E-state index contributed by atoms with van der Waals surface area (Å²) in [5.74, 6) is -0.872. The number of carboxylic acids is 1. The summed E-state index contributed by atoms with van der Waals surface area (Å²) in [6, 6.07) is 0. The minimum Gasteiger partial charge on any atom is -0.478 e. The Balaban J connectivity index is 2.52. The third-order valence-electron chi connectivity index (χ3n) is 2.26.